The van der Waals surface area contributed by atoms with Gasteiger partial charge in [-0.15, -0.1) is 0 Å². The number of likely N-dealkylation sites (N-methyl/N-ethyl adjacent to an activating group) is 1. The smallest absolute Gasteiger partial charge is 0.320 e. The van der Waals surface area contributed by atoms with Gasteiger partial charge in [0.25, 0.3) is 0 Å². The van der Waals surface area contributed by atoms with E-state index in [1.165, 1.54) is 12.1 Å². The highest BCUT2D eigenvalue weighted by Gasteiger charge is 2.15. The van der Waals surface area contributed by atoms with Crippen LogP contribution in [0.15, 0.2) is 24.3 Å². The second-order valence-electron chi connectivity index (χ2n) is 3.87. The normalized spacial score (nSPS) is 12.2. The molecule has 0 aliphatic carbocycles. The van der Waals surface area contributed by atoms with Gasteiger partial charge in [0.05, 0.1) is 0 Å². The first-order valence-electron chi connectivity index (χ1n) is 5.41. The van der Waals surface area contributed by atoms with E-state index in [-0.39, 0.29) is 5.82 Å². The summed E-state index contributed by atoms with van der Waals surface area (Å²) in [6, 6.07) is 5.65. The van der Waals surface area contributed by atoms with Crippen LogP contribution >= 0.6 is 0 Å². The summed E-state index contributed by atoms with van der Waals surface area (Å²) in [5, 5.41) is 11.6. The third-order valence-corrected chi connectivity index (χ3v) is 2.65. The Labute approximate surface area is 100 Å². The molecule has 2 N–H and O–H groups in total. The molecule has 0 aliphatic heterocycles. The largest absolute Gasteiger partial charge is 0.480 e. The number of hydrogen-bond acceptors (Lipinski definition) is 3. The summed E-state index contributed by atoms with van der Waals surface area (Å²) in [6.45, 7) is 0.543. The van der Waals surface area contributed by atoms with Crippen LogP contribution < -0.4 is 10.2 Å². The predicted molar refractivity (Wildman–Crippen MR) is 64.8 cm³/mol. The van der Waals surface area contributed by atoms with Crippen molar-refractivity contribution >= 4 is 11.7 Å². The molecule has 0 amide bonds. The Morgan fingerprint density at radius 1 is 1.59 bits per heavy atom. The number of nitrogens with zero attached hydrogens (tertiary/aromatic N) is 1. The van der Waals surface area contributed by atoms with Crippen molar-refractivity contribution < 1.29 is 14.3 Å². The molecule has 1 aromatic rings. The molecule has 4 nitrogen and oxygen atoms in total. The Morgan fingerprint density at radius 2 is 2.29 bits per heavy atom. The molecule has 0 aliphatic rings. The molecule has 5 heteroatoms. The molecular weight excluding hydrogens is 223 g/mol. The van der Waals surface area contributed by atoms with Crippen LogP contribution in [0.3, 0.4) is 0 Å². The van der Waals surface area contributed by atoms with Crippen molar-refractivity contribution in [3.05, 3.63) is 30.1 Å². The predicted octanol–water partition coefficient (Wildman–Crippen LogP) is 1.32. The van der Waals surface area contributed by atoms with E-state index in [4.69, 9.17) is 5.11 Å². The topological polar surface area (TPSA) is 52.6 Å². The highest BCUT2D eigenvalue weighted by molar-refractivity contribution is 5.73. The first-order valence-corrected chi connectivity index (χ1v) is 5.41. The number of rotatable bonds is 6. The van der Waals surface area contributed by atoms with E-state index in [0.717, 1.165) is 5.69 Å². The molecule has 0 aromatic heterocycles. The molecule has 1 rings (SSSR count). The molecule has 0 saturated heterocycles. The summed E-state index contributed by atoms with van der Waals surface area (Å²) in [5.74, 6) is -1.17. The van der Waals surface area contributed by atoms with Crippen molar-refractivity contribution in [2.45, 2.75) is 12.5 Å². The molecule has 1 aromatic carbocycles. The molecule has 0 radical (unpaired) electrons. The van der Waals surface area contributed by atoms with Crippen molar-refractivity contribution in [2.24, 2.45) is 0 Å². The molecule has 17 heavy (non-hydrogen) atoms. The van der Waals surface area contributed by atoms with Crippen LogP contribution in [0.5, 0.6) is 0 Å². The van der Waals surface area contributed by atoms with Crippen molar-refractivity contribution in [2.75, 3.05) is 25.5 Å². The fraction of sp³-hybridized carbons (Fsp3) is 0.417. The summed E-state index contributed by atoms with van der Waals surface area (Å²) in [6.07, 6.45) is 0.457. The molecule has 1 atom stereocenters. The van der Waals surface area contributed by atoms with Crippen molar-refractivity contribution in [3.63, 3.8) is 0 Å². The van der Waals surface area contributed by atoms with Gasteiger partial charge in [0.2, 0.25) is 0 Å². The summed E-state index contributed by atoms with van der Waals surface area (Å²) in [4.78, 5) is 12.6. The number of benzene rings is 1. The van der Waals surface area contributed by atoms with Crippen LogP contribution in [0.2, 0.25) is 0 Å². The van der Waals surface area contributed by atoms with Gasteiger partial charge in [-0.1, -0.05) is 6.07 Å². The maximum Gasteiger partial charge on any atom is 0.320 e. The third kappa shape index (κ3) is 4.03. The van der Waals surface area contributed by atoms with Gasteiger partial charge in [0.15, 0.2) is 0 Å². The lowest BCUT2D eigenvalue weighted by Gasteiger charge is -2.21. The van der Waals surface area contributed by atoms with E-state index in [1.54, 1.807) is 19.2 Å². The van der Waals surface area contributed by atoms with E-state index in [0.29, 0.717) is 13.0 Å². The molecule has 0 saturated carbocycles. The van der Waals surface area contributed by atoms with E-state index < -0.39 is 12.0 Å². The number of hydrogen-bond donors (Lipinski definition) is 2. The summed E-state index contributed by atoms with van der Waals surface area (Å²) >= 11 is 0. The van der Waals surface area contributed by atoms with Crippen molar-refractivity contribution in [1.29, 1.82) is 0 Å². The number of halogens is 1. The van der Waals surface area contributed by atoms with Crippen LogP contribution in [0.25, 0.3) is 0 Å². The maximum absolute atomic E-state index is 13.0. The van der Waals surface area contributed by atoms with Gasteiger partial charge in [-0.3, -0.25) is 4.79 Å². The number of carboxylic acid groups (broad SMARTS) is 1. The quantitative estimate of drug-likeness (QED) is 0.787. The van der Waals surface area contributed by atoms with Crippen LogP contribution in [0.4, 0.5) is 10.1 Å². The zero-order valence-electron chi connectivity index (χ0n) is 9.98. The monoisotopic (exact) mass is 240 g/mol. The molecule has 0 fully saturated rings. The lowest BCUT2D eigenvalue weighted by Crippen LogP contribution is -2.37. The van der Waals surface area contributed by atoms with Crippen LogP contribution in [-0.4, -0.2) is 37.8 Å². The second-order valence-corrected chi connectivity index (χ2v) is 3.87. The summed E-state index contributed by atoms with van der Waals surface area (Å²) in [5.41, 5.74) is 0.741. The van der Waals surface area contributed by atoms with Gasteiger partial charge in [0.1, 0.15) is 11.9 Å². The Bertz CT molecular complexity index is 385. The Kier molecular flexibility index (Phi) is 4.90. The maximum atomic E-state index is 13.0. The molecule has 1 unspecified atom stereocenters. The third-order valence-electron chi connectivity index (χ3n) is 2.65. The van der Waals surface area contributed by atoms with Gasteiger partial charge in [0, 0.05) is 19.3 Å². The molecule has 94 valence electrons. The summed E-state index contributed by atoms with van der Waals surface area (Å²) in [7, 11) is 3.42. The number of aliphatic carboxylic acids is 1. The van der Waals surface area contributed by atoms with Gasteiger partial charge < -0.3 is 15.3 Å². The van der Waals surface area contributed by atoms with Gasteiger partial charge in [-0.25, -0.2) is 4.39 Å². The molecule has 0 spiro atoms. The lowest BCUT2D eigenvalue weighted by molar-refractivity contribution is -0.139. The van der Waals surface area contributed by atoms with E-state index in [1.807, 2.05) is 11.9 Å². The molecular formula is C12H17FN2O2. The Morgan fingerprint density at radius 3 is 2.82 bits per heavy atom. The summed E-state index contributed by atoms with van der Waals surface area (Å²) < 4.78 is 13.0. The average molecular weight is 240 g/mol. The number of nitrogens with one attached hydrogen (secondary N) is 1. The van der Waals surface area contributed by atoms with E-state index >= 15 is 0 Å². The van der Waals surface area contributed by atoms with Crippen molar-refractivity contribution in [3.8, 4) is 0 Å². The number of carboxylic acids is 1. The molecule has 0 bridgehead atoms. The minimum Gasteiger partial charge on any atom is -0.480 e. The Balaban J connectivity index is 2.55. The lowest BCUT2D eigenvalue weighted by atomic mass is 10.2. The van der Waals surface area contributed by atoms with Gasteiger partial charge in [-0.05, 0) is 31.7 Å². The minimum absolute atomic E-state index is 0.294. The standard InChI is InChI=1S/C12H17FN2O2/c1-14-11(12(16)17)6-7-15(2)10-5-3-4-9(13)8-10/h3-5,8,11,14H,6-7H2,1-2H3,(H,16,17). The van der Waals surface area contributed by atoms with Gasteiger partial charge >= 0.3 is 5.97 Å². The first-order chi connectivity index (χ1) is 8.04. The highest BCUT2D eigenvalue weighted by Crippen LogP contribution is 2.14. The van der Waals surface area contributed by atoms with Crippen LogP contribution in [-0.2, 0) is 4.79 Å². The SMILES string of the molecule is CNC(CCN(C)c1cccc(F)c1)C(=O)O. The Hall–Kier alpha value is -1.62. The number of anilines is 1. The zero-order chi connectivity index (χ0) is 12.8. The second kappa shape index (κ2) is 6.20. The highest BCUT2D eigenvalue weighted by atomic mass is 19.1. The van der Waals surface area contributed by atoms with E-state index in [9.17, 15) is 9.18 Å². The van der Waals surface area contributed by atoms with Crippen molar-refractivity contribution in [1.82, 2.24) is 5.32 Å². The first kappa shape index (κ1) is 13.4. The minimum atomic E-state index is -0.875. The van der Waals surface area contributed by atoms with Gasteiger partial charge in [-0.2, -0.15) is 0 Å². The average Bonchev–Trinajstić information content (AvgIpc) is 2.29. The fourth-order valence-corrected chi connectivity index (χ4v) is 1.56. The van der Waals surface area contributed by atoms with E-state index in [2.05, 4.69) is 5.32 Å². The zero-order valence-corrected chi connectivity index (χ0v) is 9.98. The molecule has 0 heterocycles. The van der Waals surface area contributed by atoms with Crippen LogP contribution in [0, 0.1) is 5.82 Å². The number of carbonyl (C=O) groups is 1. The fourth-order valence-electron chi connectivity index (χ4n) is 1.56. The van der Waals surface area contributed by atoms with Crippen LogP contribution in [0.1, 0.15) is 6.42 Å².